The summed E-state index contributed by atoms with van der Waals surface area (Å²) in [4.78, 5) is 27.4. The Bertz CT molecular complexity index is 1390. The highest BCUT2D eigenvalue weighted by Crippen LogP contribution is 2.40. The topological polar surface area (TPSA) is 63.1 Å². The number of aromatic nitrogens is 1. The summed E-state index contributed by atoms with van der Waals surface area (Å²) in [6, 6.07) is 15.5. The van der Waals surface area contributed by atoms with Crippen LogP contribution >= 0.6 is 11.3 Å². The van der Waals surface area contributed by atoms with Crippen LogP contribution in [0, 0.1) is 17.6 Å². The first-order chi connectivity index (χ1) is 16.0. The Morgan fingerprint density at radius 2 is 1.79 bits per heavy atom. The van der Waals surface area contributed by atoms with Crippen LogP contribution in [-0.2, 0) is 0 Å². The third-order valence-corrected chi connectivity index (χ3v) is 7.09. The average molecular weight is 466 g/mol. The number of nitrogens with zero attached hydrogens (tertiary/aromatic N) is 1. The van der Waals surface area contributed by atoms with Crippen molar-refractivity contribution in [3.05, 3.63) is 87.5 Å². The minimum Gasteiger partial charge on any atom is -0.351 e. The lowest BCUT2D eigenvalue weighted by molar-refractivity contribution is 0.0900. The number of rotatable bonds is 5. The maximum absolute atomic E-state index is 14.5. The monoisotopic (exact) mass is 465 g/mol. The van der Waals surface area contributed by atoms with Crippen LogP contribution in [0.4, 0.5) is 20.2 Å². The number of fused-ring (bicyclic) bond motifs is 1. The quantitative estimate of drug-likeness (QED) is 0.395. The second-order valence-electron chi connectivity index (χ2n) is 8.01. The molecule has 0 unspecified atom stereocenters. The number of ketones is 1. The molecule has 5 rings (SSSR count). The molecule has 4 aromatic rings. The van der Waals surface area contributed by atoms with E-state index in [-0.39, 0.29) is 22.9 Å². The van der Waals surface area contributed by atoms with Crippen molar-refractivity contribution in [2.75, 3.05) is 18.4 Å². The Morgan fingerprint density at radius 3 is 2.52 bits per heavy atom. The number of anilines is 2. The molecule has 1 saturated heterocycles. The van der Waals surface area contributed by atoms with Crippen molar-refractivity contribution in [3.63, 3.8) is 0 Å². The van der Waals surface area contributed by atoms with Crippen LogP contribution in [0.2, 0.25) is 0 Å². The molecule has 5 nitrogen and oxygen atoms in total. The van der Waals surface area contributed by atoms with E-state index >= 15 is 0 Å². The Labute approximate surface area is 192 Å². The van der Waals surface area contributed by atoms with E-state index in [1.807, 2.05) is 30.3 Å². The summed E-state index contributed by atoms with van der Waals surface area (Å²) in [7, 11) is 0. The maximum Gasteiger partial charge on any atom is 0.256 e. The van der Waals surface area contributed by atoms with Gasteiger partial charge in [-0.1, -0.05) is 18.2 Å². The molecule has 1 aliphatic rings. The molecule has 1 aliphatic heterocycles. The van der Waals surface area contributed by atoms with Gasteiger partial charge < -0.3 is 10.6 Å². The number of para-hydroxylation sites is 1. The van der Waals surface area contributed by atoms with Gasteiger partial charge in [-0.2, -0.15) is 0 Å². The standard InChI is InChI=1S/C25H21F2N3O2S/c26-16-6-8-20(19(27)14-16)29-22-18-7-9-21(31)30(17-4-2-1-3-5-17)25(18)33-24(22)23(32)15-10-12-28-13-11-15/h1-9,14-15,28-29H,10-13H2. The van der Waals surface area contributed by atoms with Gasteiger partial charge in [0.1, 0.15) is 16.5 Å². The Hall–Kier alpha value is -3.36. The molecule has 0 aliphatic carbocycles. The summed E-state index contributed by atoms with van der Waals surface area (Å²) in [5, 5.41) is 6.91. The molecule has 1 fully saturated rings. The molecule has 0 atom stereocenters. The van der Waals surface area contributed by atoms with Crippen molar-refractivity contribution in [3.8, 4) is 5.69 Å². The second kappa shape index (κ2) is 8.88. The third-order valence-electron chi connectivity index (χ3n) is 5.88. The van der Waals surface area contributed by atoms with E-state index in [1.54, 1.807) is 10.6 Å². The maximum atomic E-state index is 14.5. The lowest BCUT2D eigenvalue weighted by Gasteiger charge is -2.21. The molecule has 0 radical (unpaired) electrons. The van der Waals surface area contributed by atoms with E-state index in [0.717, 1.165) is 25.2 Å². The summed E-state index contributed by atoms with van der Waals surface area (Å²) in [6.45, 7) is 1.51. The first-order valence-electron chi connectivity index (χ1n) is 10.7. The van der Waals surface area contributed by atoms with Gasteiger partial charge in [0.05, 0.1) is 21.9 Å². The van der Waals surface area contributed by atoms with Crippen LogP contribution in [0.25, 0.3) is 15.9 Å². The van der Waals surface area contributed by atoms with Crippen molar-refractivity contribution < 1.29 is 13.6 Å². The van der Waals surface area contributed by atoms with Gasteiger partial charge >= 0.3 is 0 Å². The molecule has 0 amide bonds. The highest BCUT2D eigenvalue weighted by molar-refractivity contribution is 7.21. The van der Waals surface area contributed by atoms with Gasteiger partial charge in [-0.3, -0.25) is 14.2 Å². The van der Waals surface area contributed by atoms with Gasteiger partial charge in [0.15, 0.2) is 5.78 Å². The molecule has 2 aromatic heterocycles. The van der Waals surface area contributed by atoms with E-state index in [0.29, 0.717) is 39.3 Å². The Kier molecular flexibility index (Phi) is 5.78. The number of Topliss-reactive ketones (excluding diaryl/α,β-unsaturated/α-hetero) is 1. The number of nitrogens with one attached hydrogen (secondary N) is 2. The number of benzene rings is 2. The van der Waals surface area contributed by atoms with E-state index in [1.165, 1.54) is 23.5 Å². The molecule has 2 N–H and O–H groups in total. The summed E-state index contributed by atoms with van der Waals surface area (Å²) in [5.41, 5.74) is 0.951. The van der Waals surface area contributed by atoms with Gasteiger partial charge in [-0.15, -0.1) is 11.3 Å². The molecule has 2 aromatic carbocycles. The fourth-order valence-electron chi connectivity index (χ4n) is 4.20. The predicted molar refractivity (Wildman–Crippen MR) is 127 cm³/mol. The van der Waals surface area contributed by atoms with Crippen molar-refractivity contribution in [2.24, 2.45) is 5.92 Å². The normalized spacial score (nSPS) is 14.5. The first kappa shape index (κ1) is 21.5. The van der Waals surface area contributed by atoms with E-state index < -0.39 is 11.6 Å². The third kappa shape index (κ3) is 4.07. The van der Waals surface area contributed by atoms with Crippen molar-refractivity contribution in [1.29, 1.82) is 0 Å². The fraction of sp³-hybridized carbons (Fsp3) is 0.200. The highest BCUT2D eigenvalue weighted by atomic mass is 32.1. The fourth-order valence-corrected chi connectivity index (χ4v) is 5.49. The minimum atomic E-state index is -0.758. The lowest BCUT2D eigenvalue weighted by atomic mass is 9.92. The lowest BCUT2D eigenvalue weighted by Crippen LogP contribution is -2.31. The van der Waals surface area contributed by atoms with Crippen LogP contribution in [0.3, 0.4) is 0 Å². The first-order valence-corrected chi connectivity index (χ1v) is 11.6. The zero-order valence-electron chi connectivity index (χ0n) is 17.6. The van der Waals surface area contributed by atoms with Gasteiger partial charge in [-0.05, 0) is 56.3 Å². The van der Waals surface area contributed by atoms with E-state index in [2.05, 4.69) is 10.6 Å². The van der Waals surface area contributed by atoms with Gasteiger partial charge in [0.25, 0.3) is 5.56 Å². The van der Waals surface area contributed by atoms with Crippen LogP contribution in [-0.4, -0.2) is 23.4 Å². The number of carbonyl (C=O) groups is 1. The average Bonchev–Trinajstić information content (AvgIpc) is 3.19. The number of piperidine rings is 1. The zero-order valence-corrected chi connectivity index (χ0v) is 18.4. The van der Waals surface area contributed by atoms with Crippen molar-refractivity contribution in [2.45, 2.75) is 12.8 Å². The highest BCUT2D eigenvalue weighted by Gasteiger charge is 2.28. The van der Waals surface area contributed by atoms with Gasteiger partial charge in [-0.25, -0.2) is 8.78 Å². The molecule has 0 spiro atoms. The molecular formula is C25H21F2N3O2S. The number of halogens is 2. The number of thiophene rings is 1. The molecular weight excluding hydrogens is 444 g/mol. The van der Waals surface area contributed by atoms with Crippen LogP contribution in [0.1, 0.15) is 22.5 Å². The van der Waals surface area contributed by atoms with Crippen molar-refractivity contribution >= 4 is 38.7 Å². The molecule has 0 saturated carbocycles. The number of pyridine rings is 1. The predicted octanol–water partition coefficient (Wildman–Crippen LogP) is 5.26. The zero-order chi connectivity index (χ0) is 22.9. The van der Waals surface area contributed by atoms with Crippen LogP contribution in [0.5, 0.6) is 0 Å². The largest absolute Gasteiger partial charge is 0.351 e. The SMILES string of the molecule is O=C(c1sc2c(ccc(=O)n2-c2ccccc2)c1Nc1ccc(F)cc1F)C1CCNCC1. The van der Waals surface area contributed by atoms with E-state index in [9.17, 15) is 18.4 Å². The summed E-state index contributed by atoms with van der Waals surface area (Å²) in [6.07, 6.45) is 1.42. The smallest absolute Gasteiger partial charge is 0.256 e. The summed E-state index contributed by atoms with van der Waals surface area (Å²) in [5.74, 6) is -1.63. The molecule has 3 heterocycles. The van der Waals surface area contributed by atoms with E-state index in [4.69, 9.17) is 0 Å². The van der Waals surface area contributed by atoms with Gasteiger partial charge in [0, 0.05) is 23.4 Å². The van der Waals surface area contributed by atoms with Crippen molar-refractivity contribution in [1.82, 2.24) is 9.88 Å². The number of carbonyl (C=O) groups excluding carboxylic acids is 1. The summed E-state index contributed by atoms with van der Waals surface area (Å²) >= 11 is 1.22. The Balaban J connectivity index is 1.71. The molecule has 8 heteroatoms. The van der Waals surface area contributed by atoms with Gasteiger partial charge in [0.2, 0.25) is 0 Å². The number of hydrogen-bond donors (Lipinski definition) is 2. The second-order valence-corrected chi connectivity index (χ2v) is 9.00. The molecule has 168 valence electrons. The summed E-state index contributed by atoms with van der Waals surface area (Å²) < 4.78 is 29.5. The van der Waals surface area contributed by atoms with Crippen LogP contribution < -0.4 is 16.2 Å². The van der Waals surface area contributed by atoms with Crippen LogP contribution in [0.15, 0.2) is 65.5 Å². The minimum absolute atomic E-state index is 0.0326. The molecule has 0 bridgehead atoms. The Morgan fingerprint density at radius 1 is 1.03 bits per heavy atom. The number of hydrogen-bond acceptors (Lipinski definition) is 5. The molecule has 33 heavy (non-hydrogen) atoms.